The number of aromatic nitrogens is 2. The number of hydrogen-bond donors (Lipinski definition) is 0. The van der Waals surface area contributed by atoms with Gasteiger partial charge in [0.1, 0.15) is 5.75 Å². The van der Waals surface area contributed by atoms with Gasteiger partial charge in [-0.1, -0.05) is 17.7 Å². The van der Waals surface area contributed by atoms with Gasteiger partial charge < -0.3 is 28.7 Å². The van der Waals surface area contributed by atoms with Crippen LogP contribution in [0.3, 0.4) is 0 Å². The fourth-order valence-electron chi connectivity index (χ4n) is 4.68. The predicted octanol–water partition coefficient (Wildman–Crippen LogP) is 3.82. The molecule has 196 valence electrons. The first-order valence-corrected chi connectivity index (χ1v) is 12.2. The summed E-state index contributed by atoms with van der Waals surface area (Å²) in [5, 5.41) is 8.87. The summed E-state index contributed by atoms with van der Waals surface area (Å²) >= 11 is 0. The summed E-state index contributed by atoms with van der Waals surface area (Å²) in [7, 11) is 4.73. The van der Waals surface area contributed by atoms with Gasteiger partial charge >= 0.3 is 0 Å². The number of methoxy groups -OCH3 is 3. The van der Waals surface area contributed by atoms with E-state index < -0.39 is 0 Å². The Labute approximate surface area is 217 Å². The lowest BCUT2D eigenvalue weighted by atomic mass is 10.1. The fraction of sp³-hybridized carbons (Fsp3) is 0.393. The molecular formula is C28H34N4O5. The van der Waals surface area contributed by atoms with Gasteiger partial charge in [0.05, 0.1) is 27.0 Å². The molecule has 0 unspecified atom stereocenters. The number of amides is 1. The number of nitrogens with zero attached hydrogens (tertiary/aromatic N) is 4. The number of ether oxygens (including phenoxy) is 4. The number of aryl methyl sites for hydroxylation is 3. The number of carbonyl (C=O) groups is 1. The average Bonchev–Trinajstić information content (AvgIpc) is 2.91. The number of benzene rings is 2. The summed E-state index contributed by atoms with van der Waals surface area (Å²) in [4.78, 5) is 16.8. The summed E-state index contributed by atoms with van der Waals surface area (Å²) in [5.41, 5.74) is 4.77. The second-order valence-corrected chi connectivity index (χ2v) is 9.08. The van der Waals surface area contributed by atoms with Crippen LogP contribution in [0.5, 0.6) is 23.0 Å². The first-order chi connectivity index (χ1) is 17.8. The zero-order valence-electron chi connectivity index (χ0n) is 22.3. The third-order valence-electron chi connectivity index (χ3n) is 6.51. The Balaban J connectivity index is 1.36. The molecule has 37 heavy (non-hydrogen) atoms. The van der Waals surface area contributed by atoms with Crippen molar-refractivity contribution in [1.29, 1.82) is 0 Å². The smallest absolute Gasteiger partial charge is 0.260 e. The molecule has 9 nitrogen and oxygen atoms in total. The highest BCUT2D eigenvalue weighted by Crippen LogP contribution is 2.40. The molecule has 4 rings (SSSR count). The highest BCUT2D eigenvalue weighted by Gasteiger charge is 2.23. The van der Waals surface area contributed by atoms with E-state index in [1.165, 1.54) is 5.56 Å². The Bertz CT molecular complexity index is 1210. The van der Waals surface area contributed by atoms with Crippen molar-refractivity contribution in [3.63, 3.8) is 0 Å². The zero-order chi connectivity index (χ0) is 26.5. The van der Waals surface area contributed by atoms with Crippen LogP contribution in [0.1, 0.15) is 16.7 Å². The highest BCUT2D eigenvalue weighted by atomic mass is 16.5. The van der Waals surface area contributed by atoms with E-state index in [-0.39, 0.29) is 12.5 Å². The van der Waals surface area contributed by atoms with Crippen molar-refractivity contribution < 1.29 is 23.7 Å². The van der Waals surface area contributed by atoms with E-state index in [2.05, 4.69) is 34.2 Å². The topological polar surface area (TPSA) is 86.3 Å². The van der Waals surface area contributed by atoms with Crippen molar-refractivity contribution >= 4 is 11.7 Å². The first kappa shape index (κ1) is 26.1. The van der Waals surface area contributed by atoms with Crippen molar-refractivity contribution in [3.05, 3.63) is 53.1 Å². The summed E-state index contributed by atoms with van der Waals surface area (Å²) in [6, 6.07) is 11.7. The molecule has 0 radical (unpaired) electrons. The zero-order valence-corrected chi connectivity index (χ0v) is 22.3. The lowest BCUT2D eigenvalue weighted by Crippen LogP contribution is -2.50. The van der Waals surface area contributed by atoms with Gasteiger partial charge in [0, 0.05) is 31.7 Å². The standard InChI is InChI=1S/C28H34N4O5/c1-18-13-19(2)27(20(3)14-18)37-17-26(33)32-11-9-31(10-12-32)25-8-7-22(29-30-25)21-15-23(34-4)28(36-6)24(16-21)35-5/h7-8,13-16H,9-12,17H2,1-6H3. The largest absolute Gasteiger partial charge is 0.493 e. The molecule has 1 fully saturated rings. The maximum Gasteiger partial charge on any atom is 0.260 e. The molecule has 0 bridgehead atoms. The van der Waals surface area contributed by atoms with Crippen LogP contribution in [0.15, 0.2) is 36.4 Å². The minimum Gasteiger partial charge on any atom is -0.493 e. The summed E-state index contributed by atoms with van der Waals surface area (Å²) < 4.78 is 22.2. The molecule has 1 aliphatic heterocycles. The Morgan fingerprint density at radius 3 is 1.95 bits per heavy atom. The Morgan fingerprint density at radius 1 is 0.811 bits per heavy atom. The van der Waals surface area contributed by atoms with Crippen LogP contribution in [0.4, 0.5) is 5.82 Å². The van der Waals surface area contributed by atoms with E-state index in [1.54, 1.807) is 21.3 Å². The normalized spacial score (nSPS) is 13.4. The minimum atomic E-state index is -0.0112. The molecule has 2 aromatic carbocycles. The second kappa shape index (κ2) is 11.4. The SMILES string of the molecule is COc1cc(-c2ccc(N3CCN(C(=O)COc4c(C)cc(C)cc4C)CC3)nn2)cc(OC)c1OC. The van der Waals surface area contributed by atoms with E-state index >= 15 is 0 Å². The van der Waals surface area contributed by atoms with E-state index in [4.69, 9.17) is 18.9 Å². The molecule has 1 aromatic heterocycles. The van der Waals surface area contributed by atoms with Crippen molar-refractivity contribution in [2.24, 2.45) is 0 Å². The molecule has 0 spiro atoms. The quantitative estimate of drug-likeness (QED) is 0.456. The van der Waals surface area contributed by atoms with Gasteiger partial charge in [-0.2, -0.15) is 0 Å². The molecule has 1 saturated heterocycles. The first-order valence-electron chi connectivity index (χ1n) is 12.2. The highest BCUT2D eigenvalue weighted by molar-refractivity contribution is 5.78. The third kappa shape index (κ3) is 5.71. The Morgan fingerprint density at radius 2 is 1.43 bits per heavy atom. The maximum atomic E-state index is 12.8. The predicted molar refractivity (Wildman–Crippen MR) is 142 cm³/mol. The average molecular weight is 507 g/mol. The molecule has 1 amide bonds. The number of carbonyl (C=O) groups excluding carboxylic acids is 1. The summed E-state index contributed by atoms with van der Waals surface area (Å²) in [6.45, 7) is 8.65. The van der Waals surface area contributed by atoms with E-state index in [0.29, 0.717) is 49.1 Å². The molecule has 0 atom stereocenters. The third-order valence-corrected chi connectivity index (χ3v) is 6.51. The molecule has 3 aromatic rings. The van der Waals surface area contributed by atoms with E-state index in [0.717, 1.165) is 28.3 Å². The molecule has 0 saturated carbocycles. The van der Waals surface area contributed by atoms with Gasteiger partial charge in [0.2, 0.25) is 5.75 Å². The van der Waals surface area contributed by atoms with Crippen molar-refractivity contribution in [2.75, 3.05) is 59.0 Å². The van der Waals surface area contributed by atoms with Crippen LogP contribution in [-0.4, -0.2) is 75.1 Å². The van der Waals surface area contributed by atoms with Crippen LogP contribution >= 0.6 is 0 Å². The summed E-state index contributed by atoms with van der Waals surface area (Å²) in [6.07, 6.45) is 0. The minimum absolute atomic E-state index is 0.0112. The van der Waals surface area contributed by atoms with Gasteiger partial charge in [-0.3, -0.25) is 4.79 Å². The van der Waals surface area contributed by atoms with Gasteiger partial charge in [-0.25, -0.2) is 0 Å². The van der Waals surface area contributed by atoms with Crippen LogP contribution < -0.4 is 23.8 Å². The van der Waals surface area contributed by atoms with Crippen LogP contribution in [0, 0.1) is 20.8 Å². The number of hydrogen-bond acceptors (Lipinski definition) is 8. The molecule has 0 N–H and O–H groups in total. The monoisotopic (exact) mass is 506 g/mol. The Kier molecular flexibility index (Phi) is 8.01. The van der Waals surface area contributed by atoms with Crippen LogP contribution in [0.25, 0.3) is 11.3 Å². The number of rotatable bonds is 8. The van der Waals surface area contributed by atoms with Crippen LogP contribution in [0.2, 0.25) is 0 Å². The van der Waals surface area contributed by atoms with E-state index in [9.17, 15) is 4.79 Å². The lowest BCUT2D eigenvalue weighted by Gasteiger charge is -2.35. The van der Waals surface area contributed by atoms with Gasteiger partial charge in [0.15, 0.2) is 23.9 Å². The molecule has 1 aliphatic rings. The molecule has 2 heterocycles. The molecule has 9 heteroatoms. The molecule has 0 aliphatic carbocycles. The van der Waals surface area contributed by atoms with E-state index in [1.807, 2.05) is 43.0 Å². The maximum absolute atomic E-state index is 12.8. The summed E-state index contributed by atoms with van der Waals surface area (Å²) in [5.74, 6) is 3.19. The van der Waals surface area contributed by atoms with Crippen molar-refractivity contribution in [2.45, 2.75) is 20.8 Å². The second-order valence-electron chi connectivity index (χ2n) is 9.08. The number of anilines is 1. The van der Waals surface area contributed by atoms with Gasteiger partial charge in [-0.05, 0) is 56.2 Å². The van der Waals surface area contributed by atoms with Crippen LogP contribution in [-0.2, 0) is 4.79 Å². The van der Waals surface area contributed by atoms with Gasteiger partial charge in [0.25, 0.3) is 5.91 Å². The Hall–Kier alpha value is -4.01. The van der Waals surface area contributed by atoms with Crippen molar-refractivity contribution in [1.82, 2.24) is 15.1 Å². The van der Waals surface area contributed by atoms with Gasteiger partial charge in [-0.15, -0.1) is 10.2 Å². The fourth-order valence-corrected chi connectivity index (χ4v) is 4.68. The van der Waals surface area contributed by atoms with Crippen molar-refractivity contribution in [3.8, 4) is 34.3 Å². The number of piperazine rings is 1. The lowest BCUT2D eigenvalue weighted by molar-refractivity contribution is -0.133. The molecular weight excluding hydrogens is 472 g/mol.